The number of sulfonamides is 1. The Morgan fingerprint density at radius 3 is 1.13 bits per heavy atom. The van der Waals surface area contributed by atoms with E-state index in [2.05, 4.69) is 22.6 Å². The molecule has 0 aromatic heterocycles. The van der Waals surface area contributed by atoms with E-state index in [9.17, 15) is 26.4 Å². The average molecular weight is 1040 g/mol. The monoisotopic (exact) mass is 1040 g/mol. The minimum absolute atomic E-state index is 0. The minimum Gasteiger partial charge on any atom is -0.495 e. The molecule has 61 heavy (non-hydrogen) atoms. The van der Waals surface area contributed by atoms with Crippen LogP contribution in [-0.2, 0) is 37.6 Å². The van der Waals surface area contributed by atoms with Crippen LogP contribution in [-0.4, -0.2) is 42.6 Å². The Balaban J connectivity index is 0.000000383. The summed E-state index contributed by atoms with van der Waals surface area (Å²) < 4.78 is 70.1. The molecule has 0 saturated carbocycles. The molecule has 0 amide bonds. The first-order valence-electron chi connectivity index (χ1n) is 17.5. The maximum Gasteiger partial charge on any atom is 0.265 e. The fourth-order valence-corrected chi connectivity index (χ4v) is 6.94. The summed E-state index contributed by atoms with van der Waals surface area (Å²) in [6, 6.07) is 36.5. The van der Waals surface area contributed by atoms with E-state index in [1.807, 2.05) is 49.5 Å². The summed E-state index contributed by atoms with van der Waals surface area (Å²) in [5.41, 5.74) is 4.42. The topological polar surface area (TPSA) is 165 Å². The minimum atomic E-state index is -3.99. The maximum absolute atomic E-state index is 12.5. The maximum atomic E-state index is 12.5. The largest absolute Gasteiger partial charge is 0.495 e. The van der Waals surface area contributed by atoms with E-state index in [1.54, 1.807) is 84.9 Å². The molecule has 0 saturated heterocycles. The summed E-state index contributed by atoms with van der Waals surface area (Å²) in [4.78, 5) is 24.7. The second kappa shape index (κ2) is 24.1. The second-order valence-electron chi connectivity index (χ2n) is 12.5. The average Bonchev–Trinajstić information content (AvgIpc) is 3.21. The van der Waals surface area contributed by atoms with Crippen LogP contribution in [0.4, 0.5) is 0 Å². The molecule has 0 fully saturated rings. The summed E-state index contributed by atoms with van der Waals surface area (Å²) >= 11 is 2.16. The number of rotatable bonds is 12. The number of primary sulfonamides is 1. The number of hydrogen-bond acceptors (Lipinski definition) is 10. The second-order valence-corrected chi connectivity index (χ2v) is 17.8. The Morgan fingerprint density at radius 1 is 0.557 bits per heavy atom. The van der Waals surface area contributed by atoms with Crippen LogP contribution in [0, 0.1) is 18.3 Å². The number of ether oxygens (including phenoxy) is 4. The molecule has 1 radical (unpaired) electrons. The summed E-state index contributed by atoms with van der Waals surface area (Å²) in [6.45, 7) is 5.90. The number of aryl methyl sites for hydroxylation is 2. The van der Waals surface area contributed by atoms with Gasteiger partial charge in [-0.15, -0.1) is 0 Å². The molecule has 11 nitrogen and oxygen atoms in total. The van der Waals surface area contributed by atoms with E-state index in [0.717, 1.165) is 11.1 Å². The Morgan fingerprint density at radius 2 is 0.836 bits per heavy atom. The van der Waals surface area contributed by atoms with E-state index in [4.69, 9.17) is 34.8 Å². The molecule has 0 aliphatic heterocycles. The zero-order valence-electron chi connectivity index (χ0n) is 33.0. The molecule has 0 heterocycles. The van der Waals surface area contributed by atoms with E-state index >= 15 is 0 Å². The standard InChI is InChI=1S/C21H17ClO5S.C21H19NO5S.C2H4I.CH4.V/c2*1-14-3-5-15(6-4-14)21(23)16-7-9-17(10-8-16)27-18-11-12-19(26-2)20(13-18)28(22,24)25;1-2-3;;/h3-13H,1-2H3;3-13H,1-2H3,(H2,22,24,25);2H,1H3;1H4;/q;;-1;;. The number of benzene rings is 6. The van der Waals surface area contributed by atoms with Crippen molar-refractivity contribution in [1.82, 2.24) is 0 Å². The van der Waals surface area contributed by atoms with Gasteiger partial charge in [-0.3, -0.25) is 14.0 Å². The molecule has 0 unspecified atom stereocenters. The van der Waals surface area contributed by atoms with Gasteiger partial charge in [-0.25, -0.2) is 22.0 Å². The van der Waals surface area contributed by atoms with Gasteiger partial charge in [0.05, 0.1) is 14.2 Å². The van der Waals surface area contributed by atoms with Crippen molar-refractivity contribution in [3.63, 3.8) is 0 Å². The first-order chi connectivity index (χ1) is 28.0. The quantitative estimate of drug-likeness (QED) is 0.0540. The summed E-state index contributed by atoms with van der Waals surface area (Å²) in [7, 11) is 0.197. The summed E-state index contributed by atoms with van der Waals surface area (Å²) in [5, 5.41) is 5.21. The summed E-state index contributed by atoms with van der Waals surface area (Å²) in [6.07, 6.45) is 0. The molecule has 16 heteroatoms. The van der Waals surface area contributed by atoms with Gasteiger partial charge in [-0.05, 0) is 86.6 Å². The van der Waals surface area contributed by atoms with E-state index in [1.165, 1.54) is 38.5 Å². The van der Waals surface area contributed by atoms with Gasteiger partial charge in [-0.2, -0.15) is 6.92 Å². The molecule has 6 aromatic carbocycles. The van der Waals surface area contributed by atoms with Crippen LogP contribution < -0.4 is 24.1 Å². The SMILES string of the molecule is C.COc1ccc(Oc2ccc(C(=O)c3ccc(C)cc3)cc2)cc1S(=O)(=O)Cl.COc1ccc(Oc2ccc(C(=O)c3ccc(C)cc3)cc2)cc1S(N)(=O)=O.C[CH-]I.[V]. The molecular weight excluding hydrogens is 992 g/mol. The van der Waals surface area contributed by atoms with Crippen LogP contribution in [0.3, 0.4) is 0 Å². The number of carbonyl (C=O) groups excluding carboxylic acids is 2. The van der Waals surface area contributed by atoms with Crippen molar-refractivity contribution in [3.8, 4) is 34.5 Å². The molecule has 6 aromatic rings. The van der Waals surface area contributed by atoms with Gasteiger partial charge in [-0.1, -0.05) is 67.1 Å². The van der Waals surface area contributed by atoms with Gasteiger partial charge in [0.15, 0.2) is 11.6 Å². The summed E-state index contributed by atoms with van der Waals surface area (Å²) in [5.74, 6) is 1.53. The molecule has 0 aliphatic carbocycles. The van der Waals surface area contributed by atoms with E-state index in [0.29, 0.717) is 33.8 Å². The van der Waals surface area contributed by atoms with Crippen molar-refractivity contribution in [3.05, 3.63) is 171 Å². The zero-order chi connectivity index (χ0) is 43.3. The Bertz CT molecular complexity index is 2430. The van der Waals surface area contributed by atoms with Crippen LogP contribution >= 0.6 is 33.3 Å². The Labute approximate surface area is 388 Å². The van der Waals surface area contributed by atoms with Gasteiger partial charge in [0, 0.05) is 63.6 Å². The van der Waals surface area contributed by atoms with Crippen LogP contribution in [0.5, 0.6) is 34.5 Å². The molecular formula is C45H44ClINO10S2V-. The van der Waals surface area contributed by atoms with Crippen molar-refractivity contribution in [2.75, 3.05) is 14.2 Å². The number of methoxy groups -OCH3 is 2. The third-order valence-corrected chi connectivity index (χ3v) is 10.4. The molecule has 0 spiro atoms. The molecule has 0 atom stereocenters. The van der Waals surface area contributed by atoms with Crippen molar-refractivity contribution < 1.29 is 63.9 Å². The van der Waals surface area contributed by atoms with Crippen LogP contribution in [0.25, 0.3) is 0 Å². The number of carbonyl (C=O) groups is 2. The normalized spacial score (nSPS) is 10.5. The van der Waals surface area contributed by atoms with Gasteiger partial charge < -0.3 is 41.5 Å². The fourth-order valence-electron chi connectivity index (χ4n) is 5.22. The van der Waals surface area contributed by atoms with Gasteiger partial charge in [0.25, 0.3) is 9.05 Å². The van der Waals surface area contributed by atoms with Crippen molar-refractivity contribution >= 4 is 63.9 Å². The Kier molecular flexibility index (Phi) is 20.7. The van der Waals surface area contributed by atoms with E-state index < -0.39 is 19.1 Å². The smallest absolute Gasteiger partial charge is 0.265 e. The third kappa shape index (κ3) is 15.3. The molecule has 321 valence electrons. The first kappa shape index (κ1) is 52.5. The van der Waals surface area contributed by atoms with Crippen LogP contribution in [0.15, 0.2) is 143 Å². The predicted molar refractivity (Wildman–Crippen MR) is 243 cm³/mol. The first-order valence-corrected chi connectivity index (χ1v) is 22.6. The van der Waals surface area contributed by atoms with Gasteiger partial charge >= 0.3 is 0 Å². The molecule has 2 N–H and O–H groups in total. The van der Waals surface area contributed by atoms with E-state index in [-0.39, 0.29) is 70.3 Å². The molecule has 0 aliphatic rings. The zero-order valence-corrected chi connectivity index (χ0v) is 38.9. The van der Waals surface area contributed by atoms with Gasteiger partial charge in [0.1, 0.15) is 44.3 Å². The van der Waals surface area contributed by atoms with Crippen molar-refractivity contribution in [2.45, 2.75) is 38.0 Å². The molecule has 6 rings (SSSR count). The van der Waals surface area contributed by atoms with Crippen molar-refractivity contribution in [2.24, 2.45) is 5.14 Å². The number of nitrogens with two attached hydrogens (primary N) is 1. The predicted octanol–water partition coefficient (Wildman–Crippen LogP) is 10.9. The molecule has 0 bridgehead atoms. The third-order valence-electron chi connectivity index (χ3n) is 8.17. The van der Waals surface area contributed by atoms with Crippen molar-refractivity contribution in [1.29, 1.82) is 0 Å². The van der Waals surface area contributed by atoms with Crippen LogP contribution in [0.1, 0.15) is 57.3 Å². The number of hydrogen-bond donors (Lipinski definition) is 1. The number of ketones is 2. The van der Waals surface area contributed by atoms with Crippen LogP contribution in [0.2, 0.25) is 0 Å². The number of halogens is 2. The fraction of sp³-hybridized carbons (Fsp3) is 0.133. The Hall–Kier alpha value is -4.68. The van der Waals surface area contributed by atoms with Gasteiger partial charge in [0.2, 0.25) is 10.0 Å².